The SMILES string of the molecule is O=C(O)[C@@H]1CN(c2nccc(C(F)(F)F)n2)C[C@H]1Cc1ccc(OCc2cc(-c3ccccc3)no2)cc1. The Morgan fingerprint density at radius 3 is 2.55 bits per heavy atom. The number of ether oxygens (including phenoxy) is 1. The van der Waals surface area contributed by atoms with E-state index in [2.05, 4.69) is 15.1 Å². The third kappa shape index (κ3) is 5.77. The number of aromatic nitrogens is 3. The molecule has 1 aliphatic rings. The lowest BCUT2D eigenvalue weighted by molar-refractivity contribution is -0.142. The number of carboxylic acid groups (broad SMARTS) is 1. The first-order valence-electron chi connectivity index (χ1n) is 11.9. The predicted molar refractivity (Wildman–Crippen MR) is 130 cm³/mol. The van der Waals surface area contributed by atoms with Crippen LogP contribution in [0.1, 0.15) is 17.0 Å². The molecule has 0 amide bonds. The van der Waals surface area contributed by atoms with Crippen LogP contribution in [0, 0.1) is 11.8 Å². The molecule has 196 valence electrons. The quantitative estimate of drug-likeness (QED) is 0.339. The number of nitrogens with zero attached hydrogens (tertiary/aromatic N) is 4. The maximum absolute atomic E-state index is 13.1. The molecule has 8 nitrogen and oxygen atoms in total. The summed E-state index contributed by atoms with van der Waals surface area (Å²) in [6.45, 7) is 0.450. The first-order valence-corrected chi connectivity index (χ1v) is 11.9. The third-order valence-corrected chi connectivity index (χ3v) is 6.41. The molecule has 0 bridgehead atoms. The van der Waals surface area contributed by atoms with Crippen molar-refractivity contribution in [2.24, 2.45) is 11.8 Å². The largest absolute Gasteiger partial charge is 0.486 e. The highest BCUT2D eigenvalue weighted by Crippen LogP contribution is 2.32. The van der Waals surface area contributed by atoms with Crippen LogP contribution in [0.5, 0.6) is 5.75 Å². The van der Waals surface area contributed by atoms with Crippen LogP contribution < -0.4 is 9.64 Å². The van der Waals surface area contributed by atoms with Gasteiger partial charge in [0.15, 0.2) is 5.76 Å². The molecule has 0 unspecified atom stereocenters. The second-order valence-corrected chi connectivity index (χ2v) is 9.03. The summed E-state index contributed by atoms with van der Waals surface area (Å²) in [5, 5.41) is 13.8. The molecule has 0 spiro atoms. The topological polar surface area (TPSA) is 102 Å². The lowest BCUT2D eigenvalue weighted by Crippen LogP contribution is -2.25. The number of halogens is 3. The third-order valence-electron chi connectivity index (χ3n) is 6.41. The van der Waals surface area contributed by atoms with Crippen molar-refractivity contribution in [1.82, 2.24) is 15.1 Å². The van der Waals surface area contributed by atoms with Gasteiger partial charge in [-0.25, -0.2) is 9.97 Å². The Kier molecular flexibility index (Phi) is 6.99. The molecule has 4 aromatic rings. The van der Waals surface area contributed by atoms with Crippen molar-refractivity contribution < 1.29 is 32.3 Å². The maximum Gasteiger partial charge on any atom is 0.433 e. The molecule has 0 saturated carbocycles. The molecule has 2 aromatic carbocycles. The molecular formula is C27H23F3N4O4. The van der Waals surface area contributed by atoms with Crippen LogP contribution in [-0.2, 0) is 24.0 Å². The van der Waals surface area contributed by atoms with Gasteiger partial charge in [0.05, 0.1) is 5.92 Å². The summed E-state index contributed by atoms with van der Waals surface area (Å²) in [5.41, 5.74) is 1.48. The van der Waals surface area contributed by atoms with Gasteiger partial charge in [0.1, 0.15) is 23.7 Å². The molecule has 2 aromatic heterocycles. The van der Waals surface area contributed by atoms with Gasteiger partial charge >= 0.3 is 12.1 Å². The Hall–Kier alpha value is -4.41. The molecular weight excluding hydrogens is 501 g/mol. The average molecular weight is 524 g/mol. The second kappa shape index (κ2) is 10.5. The number of anilines is 1. The zero-order valence-electron chi connectivity index (χ0n) is 20.0. The minimum Gasteiger partial charge on any atom is -0.486 e. The molecule has 11 heteroatoms. The zero-order valence-corrected chi connectivity index (χ0v) is 20.0. The number of hydrogen-bond acceptors (Lipinski definition) is 7. The predicted octanol–water partition coefficient (Wildman–Crippen LogP) is 5.11. The number of carboxylic acids is 1. The molecule has 38 heavy (non-hydrogen) atoms. The van der Waals surface area contributed by atoms with Crippen LogP contribution in [0.25, 0.3) is 11.3 Å². The summed E-state index contributed by atoms with van der Waals surface area (Å²) in [6.07, 6.45) is -3.14. The van der Waals surface area contributed by atoms with Crippen molar-refractivity contribution in [2.45, 2.75) is 19.2 Å². The van der Waals surface area contributed by atoms with Crippen molar-refractivity contribution >= 4 is 11.9 Å². The summed E-state index contributed by atoms with van der Waals surface area (Å²) in [6, 6.07) is 19.5. The van der Waals surface area contributed by atoms with Gasteiger partial charge in [0, 0.05) is 30.9 Å². The van der Waals surface area contributed by atoms with E-state index in [-0.39, 0.29) is 31.6 Å². The van der Waals surface area contributed by atoms with Crippen molar-refractivity contribution in [3.8, 4) is 17.0 Å². The Morgan fingerprint density at radius 1 is 1.08 bits per heavy atom. The van der Waals surface area contributed by atoms with Crippen LogP contribution in [0.2, 0.25) is 0 Å². The van der Waals surface area contributed by atoms with E-state index in [1.54, 1.807) is 12.1 Å². The smallest absolute Gasteiger partial charge is 0.433 e. The van der Waals surface area contributed by atoms with E-state index in [4.69, 9.17) is 9.26 Å². The minimum absolute atomic E-state index is 0.0324. The maximum atomic E-state index is 13.1. The Balaban J connectivity index is 1.20. The van der Waals surface area contributed by atoms with Crippen molar-refractivity contribution in [2.75, 3.05) is 18.0 Å². The van der Waals surface area contributed by atoms with Crippen LogP contribution in [-0.4, -0.2) is 39.3 Å². The van der Waals surface area contributed by atoms with Crippen LogP contribution in [0.4, 0.5) is 19.1 Å². The summed E-state index contributed by atoms with van der Waals surface area (Å²) < 4.78 is 50.3. The molecule has 2 atom stereocenters. The number of carbonyl (C=O) groups is 1. The Morgan fingerprint density at radius 2 is 1.84 bits per heavy atom. The number of rotatable bonds is 8. The summed E-state index contributed by atoms with van der Waals surface area (Å²) in [5.74, 6) is -1.06. The average Bonchev–Trinajstić information content (AvgIpc) is 3.56. The normalized spacial score (nSPS) is 17.5. The molecule has 5 rings (SSSR count). The summed E-state index contributed by atoms with van der Waals surface area (Å²) >= 11 is 0. The minimum atomic E-state index is -4.61. The second-order valence-electron chi connectivity index (χ2n) is 9.03. The number of aliphatic carboxylic acids is 1. The molecule has 0 aliphatic carbocycles. The van der Waals surface area contributed by atoms with Crippen molar-refractivity contribution in [3.05, 3.63) is 89.9 Å². The van der Waals surface area contributed by atoms with Crippen LogP contribution in [0.3, 0.4) is 0 Å². The van der Waals surface area contributed by atoms with Gasteiger partial charge in [0.25, 0.3) is 0 Å². The van der Waals surface area contributed by atoms with Gasteiger partial charge in [-0.05, 0) is 36.1 Å². The van der Waals surface area contributed by atoms with E-state index in [0.717, 1.165) is 23.4 Å². The van der Waals surface area contributed by atoms with E-state index >= 15 is 0 Å². The fourth-order valence-corrected chi connectivity index (χ4v) is 4.48. The molecule has 1 N–H and O–H groups in total. The van der Waals surface area contributed by atoms with Gasteiger partial charge in [-0.15, -0.1) is 0 Å². The van der Waals surface area contributed by atoms with Gasteiger partial charge < -0.3 is 19.3 Å². The standard InChI is InChI=1S/C27H23F3N4O4/c28-27(29,30)24-10-11-31-26(32-24)34-14-19(22(15-34)25(35)36)12-17-6-8-20(9-7-17)37-16-21-13-23(33-38-21)18-4-2-1-3-5-18/h1-11,13,19,22H,12,14-16H2,(H,35,36)/t19-,22-/m1/s1. The van der Waals surface area contributed by atoms with Crippen LogP contribution >= 0.6 is 0 Å². The fourth-order valence-electron chi connectivity index (χ4n) is 4.48. The fraction of sp³-hybridized carbons (Fsp3) is 0.259. The van der Waals surface area contributed by atoms with Crippen molar-refractivity contribution in [3.63, 3.8) is 0 Å². The summed E-state index contributed by atoms with van der Waals surface area (Å²) in [7, 11) is 0. The van der Waals surface area contributed by atoms with E-state index < -0.39 is 23.8 Å². The lowest BCUT2D eigenvalue weighted by atomic mass is 9.90. The zero-order chi connectivity index (χ0) is 26.7. The first-order chi connectivity index (χ1) is 18.3. The number of benzene rings is 2. The van der Waals surface area contributed by atoms with E-state index in [9.17, 15) is 23.1 Å². The highest BCUT2D eigenvalue weighted by molar-refractivity contribution is 5.72. The van der Waals surface area contributed by atoms with Crippen molar-refractivity contribution in [1.29, 1.82) is 0 Å². The lowest BCUT2D eigenvalue weighted by Gasteiger charge is -2.17. The van der Waals surface area contributed by atoms with Gasteiger partial charge in [-0.2, -0.15) is 13.2 Å². The van der Waals surface area contributed by atoms with Gasteiger partial charge in [0.2, 0.25) is 5.95 Å². The van der Waals surface area contributed by atoms with Gasteiger partial charge in [-0.1, -0.05) is 47.6 Å². The molecule has 3 heterocycles. The van der Waals surface area contributed by atoms with Gasteiger partial charge in [-0.3, -0.25) is 4.79 Å². The summed E-state index contributed by atoms with van der Waals surface area (Å²) in [4.78, 5) is 20.9. The van der Waals surface area contributed by atoms with E-state index in [0.29, 0.717) is 23.6 Å². The molecule has 1 fully saturated rings. The molecule has 0 radical (unpaired) electrons. The van der Waals surface area contributed by atoms with E-state index in [1.165, 1.54) is 4.90 Å². The monoisotopic (exact) mass is 524 g/mol. The number of hydrogen-bond donors (Lipinski definition) is 1. The Bertz CT molecular complexity index is 1390. The highest BCUT2D eigenvalue weighted by atomic mass is 19.4. The highest BCUT2D eigenvalue weighted by Gasteiger charge is 2.40. The first kappa shape index (κ1) is 25.2. The molecule has 1 aliphatic heterocycles. The number of alkyl halides is 3. The van der Waals surface area contributed by atoms with Crippen LogP contribution in [0.15, 0.2) is 77.4 Å². The van der Waals surface area contributed by atoms with E-state index in [1.807, 2.05) is 48.5 Å². The Labute approximate surface area is 215 Å². The molecule has 1 saturated heterocycles.